The van der Waals surface area contributed by atoms with Crippen LogP contribution in [0.1, 0.15) is 71.6 Å². The average molecular weight is 298 g/mol. The fraction of sp³-hybridized carbons (Fsp3) is 0.882. The van der Waals surface area contributed by atoms with Crippen LogP contribution < -0.4 is 0 Å². The molecule has 4 heteroatoms. The molecule has 0 amide bonds. The van der Waals surface area contributed by atoms with Crippen LogP contribution in [-0.4, -0.2) is 34.0 Å². The van der Waals surface area contributed by atoms with Crippen molar-refractivity contribution in [1.82, 2.24) is 0 Å². The molecular weight excluding hydrogens is 268 g/mol. The Hall–Kier alpha value is -0.740. The summed E-state index contributed by atoms with van der Waals surface area (Å²) >= 11 is 0. The number of rotatable bonds is 9. The third-order valence-corrected chi connectivity index (χ3v) is 4.48. The Morgan fingerprint density at radius 2 is 1.95 bits per heavy atom. The van der Waals surface area contributed by atoms with Crippen molar-refractivity contribution < 1.29 is 19.8 Å². The highest BCUT2D eigenvalue weighted by Crippen LogP contribution is 2.31. The van der Waals surface area contributed by atoms with Gasteiger partial charge in [-0.05, 0) is 51.4 Å². The minimum absolute atomic E-state index is 0.0892. The standard InChI is InChI=1S/C17H30O4/c1-3-17(21)14-9-13(10-16(20)11-14)7-8-15(19)6-4-5-12(2)18/h12-15,18-19H,3-11H2,1-2H3/t12-,13?,14?,15?/m1/s1. The van der Waals surface area contributed by atoms with Gasteiger partial charge in [-0.3, -0.25) is 9.59 Å². The molecule has 0 aromatic heterocycles. The molecule has 122 valence electrons. The van der Waals surface area contributed by atoms with Gasteiger partial charge in [-0.15, -0.1) is 0 Å². The first-order valence-electron chi connectivity index (χ1n) is 8.32. The molecule has 4 nitrogen and oxygen atoms in total. The van der Waals surface area contributed by atoms with Crippen molar-refractivity contribution in [2.45, 2.75) is 83.8 Å². The lowest BCUT2D eigenvalue weighted by atomic mass is 9.76. The van der Waals surface area contributed by atoms with E-state index in [4.69, 9.17) is 0 Å². The van der Waals surface area contributed by atoms with E-state index in [1.807, 2.05) is 6.92 Å². The van der Waals surface area contributed by atoms with Crippen molar-refractivity contribution >= 4 is 11.6 Å². The van der Waals surface area contributed by atoms with E-state index >= 15 is 0 Å². The lowest BCUT2D eigenvalue weighted by Crippen LogP contribution is -2.28. The molecule has 21 heavy (non-hydrogen) atoms. The number of Topliss-reactive ketones (excluding diaryl/α,β-unsaturated/α-hetero) is 2. The zero-order valence-electron chi connectivity index (χ0n) is 13.4. The third kappa shape index (κ3) is 7.18. The first-order chi connectivity index (χ1) is 9.92. The van der Waals surface area contributed by atoms with Crippen LogP contribution in [0.5, 0.6) is 0 Å². The quantitative estimate of drug-likeness (QED) is 0.686. The second-order valence-electron chi connectivity index (χ2n) is 6.58. The summed E-state index contributed by atoms with van der Waals surface area (Å²) in [5.41, 5.74) is 0. The molecule has 0 aliphatic heterocycles. The van der Waals surface area contributed by atoms with Crippen molar-refractivity contribution in [2.24, 2.45) is 11.8 Å². The minimum atomic E-state index is -0.360. The van der Waals surface area contributed by atoms with E-state index in [1.165, 1.54) is 0 Å². The Bertz CT molecular complexity index is 338. The molecule has 0 bridgehead atoms. The third-order valence-electron chi connectivity index (χ3n) is 4.48. The summed E-state index contributed by atoms with van der Waals surface area (Å²) in [6.45, 7) is 3.60. The molecule has 2 N–H and O–H groups in total. The van der Waals surface area contributed by atoms with Gasteiger partial charge in [-0.25, -0.2) is 0 Å². The van der Waals surface area contributed by atoms with E-state index in [0.717, 1.165) is 19.3 Å². The van der Waals surface area contributed by atoms with Gasteiger partial charge in [0, 0.05) is 25.2 Å². The van der Waals surface area contributed by atoms with Crippen molar-refractivity contribution in [3.63, 3.8) is 0 Å². The Balaban J connectivity index is 2.30. The van der Waals surface area contributed by atoms with Crippen molar-refractivity contribution in [3.05, 3.63) is 0 Å². The van der Waals surface area contributed by atoms with E-state index in [9.17, 15) is 19.8 Å². The van der Waals surface area contributed by atoms with E-state index in [0.29, 0.717) is 38.5 Å². The van der Waals surface area contributed by atoms with Crippen molar-refractivity contribution in [3.8, 4) is 0 Å². The Kier molecular flexibility index (Phi) is 8.12. The van der Waals surface area contributed by atoms with Crippen LogP contribution in [0.3, 0.4) is 0 Å². The number of ketones is 2. The van der Waals surface area contributed by atoms with Crippen molar-refractivity contribution in [1.29, 1.82) is 0 Å². The molecule has 0 aromatic carbocycles. The predicted octanol–water partition coefficient (Wildman–Crippen LogP) is 2.64. The molecule has 3 unspecified atom stereocenters. The number of aliphatic hydroxyl groups is 2. The van der Waals surface area contributed by atoms with Gasteiger partial charge in [0.05, 0.1) is 12.2 Å². The average Bonchev–Trinajstić information content (AvgIpc) is 2.43. The highest BCUT2D eigenvalue weighted by atomic mass is 16.3. The second-order valence-corrected chi connectivity index (χ2v) is 6.58. The predicted molar refractivity (Wildman–Crippen MR) is 81.9 cm³/mol. The normalized spacial score (nSPS) is 25.6. The maximum absolute atomic E-state index is 11.8. The fourth-order valence-corrected chi connectivity index (χ4v) is 3.22. The smallest absolute Gasteiger partial charge is 0.136 e. The summed E-state index contributed by atoms with van der Waals surface area (Å²) in [6, 6.07) is 0. The van der Waals surface area contributed by atoms with Crippen LogP contribution in [0.25, 0.3) is 0 Å². The molecule has 1 rings (SSSR count). The highest BCUT2D eigenvalue weighted by Gasteiger charge is 2.30. The SMILES string of the molecule is CCC(=O)C1CC(=O)CC(CCC(O)CCC[C@@H](C)O)C1. The zero-order chi connectivity index (χ0) is 15.8. The summed E-state index contributed by atoms with van der Waals surface area (Å²) < 4.78 is 0. The number of aliphatic hydroxyl groups excluding tert-OH is 2. The molecule has 1 fully saturated rings. The summed E-state index contributed by atoms with van der Waals surface area (Å²) in [7, 11) is 0. The molecule has 0 heterocycles. The summed E-state index contributed by atoms with van der Waals surface area (Å²) in [5.74, 6) is 0.555. The number of hydrogen-bond acceptors (Lipinski definition) is 4. The van der Waals surface area contributed by atoms with Crippen LogP contribution >= 0.6 is 0 Å². The lowest BCUT2D eigenvalue weighted by molar-refractivity contribution is -0.131. The monoisotopic (exact) mass is 298 g/mol. The van der Waals surface area contributed by atoms with Gasteiger partial charge in [-0.1, -0.05) is 6.92 Å². The van der Waals surface area contributed by atoms with Gasteiger partial charge in [-0.2, -0.15) is 0 Å². The number of carbonyl (C=O) groups excluding carboxylic acids is 2. The summed E-state index contributed by atoms with van der Waals surface area (Å²) in [5, 5.41) is 19.1. The topological polar surface area (TPSA) is 74.6 Å². The van der Waals surface area contributed by atoms with Crippen molar-refractivity contribution in [2.75, 3.05) is 0 Å². The van der Waals surface area contributed by atoms with E-state index in [2.05, 4.69) is 0 Å². The fourth-order valence-electron chi connectivity index (χ4n) is 3.22. The first kappa shape index (κ1) is 18.3. The summed E-state index contributed by atoms with van der Waals surface area (Å²) in [6.07, 6.45) is 5.35. The van der Waals surface area contributed by atoms with Crippen LogP contribution in [0.4, 0.5) is 0 Å². The largest absolute Gasteiger partial charge is 0.393 e. The molecule has 4 atom stereocenters. The van der Waals surface area contributed by atoms with Gasteiger partial charge in [0.2, 0.25) is 0 Å². The Labute approximate surface area is 127 Å². The first-order valence-corrected chi connectivity index (χ1v) is 8.32. The van der Waals surface area contributed by atoms with E-state index < -0.39 is 0 Å². The molecule has 1 saturated carbocycles. The van der Waals surface area contributed by atoms with Gasteiger partial charge < -0.3 is 10.2 Å². The molecule has 0 saturated heterocycles. The second kappa shape index (κ2) is 9.31. The van der Waals surface area contributed by atoms with Gasteiger partial charge in [0.15, 0.2) is 0 Å². The molecule has 1 aliphatic carbocycles. The minimum Gasteiger partial charge on any atom is -0.393 e. The molecule has 0 radical (unpaired) electrons. The van der Waals surface area contributed by atoms with Crippen LogP contribution in [0.2, 0.25) is 0 Å². The zero-order valence-corrected chi connectivity index (χ0v) is 13.4. The van der Waals surface area contributed by atoms with E-state index in [1.54, 1.807) is 6.92 Å². The highest BCUT2D eigenvalue weighted by molar-refractivity contribution is 5.89. The van der Waals surface area contributed by atoms with Crippen LogP contribution in [-0.2, 0) is 9.59 Å². The maximum atomic E-state index is 11.8. The number of hydrogen-bond donors (Lipinski definition) is 2. The molecule has 1 aliphatic rings. The maximum Gasteiger partial charge on any atom is 0.136 e. The van der Waals surface area contributed by atoms with Gasteiger partial charge in [0.25, 0.3) is 0 Å². The van der Waals surface area contributed by atoms with Gasteiger partial charge >= 0.3 is 0 Å². The Morgan fingerprint density at radius 1 is 1.24 bits per heavy atom. The van der Waals surface area contributed by atoms with Crippen LogP contribution in [0, 0.1) is 11.8 Å². The van der Waals surface area contributed by atoms with Crippen LogP contribution in [0.15, 0.2) is 0 Å². The molecule has 0 spiro atoms. The molecular formula is C17H30O4. The summed E-state index contributed by atoms with van der Waals surface area (Å²) in [4.78, 5) is 23.5. The lowest BCUT2D eigenvalue weighted by Gasteiger charge is -2.27. The van der Waals surface area contributed by atoms with Gasteiger partial charge in [0.1, 0.15) is 11.6 Å². The van der Waals surface area contributed by atoms with E-state index in [-0.39, 0.29) is 35.6 Å². The number of carbonyl (C=O) groups is 2. The molecule has 0 aromatic rings. The Morgan fingerprint density at radius 3 is 2.57 bits per heavy atom.